The molecule has 0 aliphatic heterocycles. The van der Waals surface area contributed by atoms with Crippen LogP contribution in [0.1, 0.15) is 27.9 Å². The molecule has 0 spiro atoms. The largest absolute Gasteiger partial charge is 0.341 e. The summed E-state index contributed by atoms with van der Waals surface area (Å²) in [5.41, 5.74) is 2.46. The van der Waals surface area contributed by atoms with Crippen LogP contribution < -0.4 is 4.72 Å². The molecule has 0 aromatic heterocycles. The van der Waals surface area contributed by atoms with Crippen molar-refractivity contribution in [1.82, 2.24) is 4.90 Å². The number of hydrogen-bond donors (Lipinski definition) is 1. The summed E-state index contributed by atoms with van der Waals surface area (Å²) in [4.78, 5) is 14.0. The van der Waals surface area contributed by atoms with Crippen molar-refractivity contribution in [3.8, 4) is 6.07 Å². The zero-order chi connectivity index (χ0) is 19.3. The fourth-order valence-electron chi connectivity index (χ4n) is 2.36. The zero-order valence-electron chi connectivity index (χ0n) is 15.0. The minimum atomic E-state index is -3.81. The first-order valence-electron chi connectivity index (χ1n) is 8.07. The molecule has 0 heterocycles. The van der Waals surface area contributed by atoms with Crippen LogP contribution in [0.2, 0.25) is 0 Å². The van der Waals surface area contributed by atoms with Crippen molar-refractivity contribution >= 4 is 21.6 Å². The highest BCUT2D eigenvalue weighted by Gasteiger charge is 2.20. The van der Waals surface area contributed by atoms with Crippen molar-refractivity contribution in [1.29, 1.82) is 5.26 Å². The molecular weight excluding hydrogens is 350 g/mol. The van der Waals surface area contributed by atoms with Crippen LogP contribution in [0.3, 0.4) is 0 Å². The number of nitriles is 1. The standard InChI is InChI=1S/C19H21N3O3S/c1-14-5-8-16(9-6-14)21-26(24,25)17-10-7-15(2)18(13-17)19(23)22(3)12-4-11-20/h5-10,13,21H,4,12H2,1-3H3. The summed E-state index contributed by atoms with van der Waals surface area (Å²) in [5.74, 6) is -0.315. The number of nitrogens with one attached hydrogen (secondary N) is 1. The van der Waals surface area contributed by atoms with Gasteiger partial charge in [0.15, 0.2) is 0 Å². The lowest BCUT2D eigenvalue weighted by Gasteiger charge is -2.18. The molecule has 2 rings (SSSR count). The molecule has 0 saturated carbocycles. The topological polar surface area (TPSA) is 90.3 Å². The second-order valence-electron chi connectivity index (χ2n) is 6.08. The Hall–Kier alpha value is -2.85. The van der Waals surface area contributed by atoms with Gasteiger partial charge in [0.2, 0.25) is 0 Å². The highest BCUT2D eigenvalue weighted by molar-refractivity contribution is 7.92. The van der Waals surface area contributed by atoms with Crippen molar-refractivity contribution in [3.63, 3.8) is 0 Å². The Labute approximate surface area is 154 Å². The molecule has 0 aliphatic rings. The first-order valence-corrected chi connectivity index (χ1v) is 9.55. The second-order valence-corrected chi connectivity index (χ2v) is 7.77. The highest BCUT2D eigenvalue weighted by Crippen LogP contribution is 2.20. The van der Waals surface area contributed by atoms with Crippen LogP contribution in [0, 0.1) is 25.2 Å². The van der Waals surface area contributed by atoms with Crippen LogP contribution in [-0.4, -0.2) is 32.8 Å². The van der Waals surface area contributed by atoms with E-state index in [-0.39, 0.29) is 23.8 Å². The first-order chi connectivity index (χ1) is 12.2. The number of sulfonamides is 1. The number of nitrogens with zero attached hydrogens (tertiary/aromatic N) is 2. The molecule has 0 atom stereocenters. The van der Waals surface area contributed by atoms with Crippen molar-refractivity contribution in [2.24, 2.45) is 0 Å². The van der Waals surface area contributed by atoms with Gasteiger partial charge in [-0.05, 0) is 43.7 Å². The van der Waals surface area contributed by atoms with Gasteiger partial charge in [-0.15, -0.1) is 0 Å². The summed E-state index contributed by atoms with van der Waals surface area (Å²) < 4.78 is 27.8. The second kappa shape index (κ2) is 8.02. The van der Waals surface area contributed by atoms with Crippen molar-refractivity contribution in [2.75, 3.05) is 18.3 Å². The van der Waals surface area contributed by atoms with Gasteiger partial charge in [-0.1, -0.05) is 23.8 Å². The molecule has 136 valence electrons. The maximum atomic E-state index is 12.6. The van der Waals surface area contributed by atoms with Crippen molar-refractivity contribution in [3.05, 3.63) is 59.2 Å². The summed E-state index contributed by atoms with van der Waals surface area (Å²) in [6, 6.07) is 13.4. The summed E-state index contributed by atoms with van der Waals surface area (Å²) in [6.07, 6.45) is 0.217. The molecule has 7 heteroatoms. The molecule has 6 nitrogen and oxygen atoms in total. The van der Waals surface area contributed by atoms with Crippen LogP contribution in [0.25, 0.3) is 0 Å². The molecule has 0 saturated heterocycles. The number of amides is 1. The van der Waals surface area contributed by atoms with Crippen LogP contribution in [-0.2, 0) is 10.0 Å². The van der Waals surface area contributed by atoms with Gasteiger partial charge in [0, 0.05) is 24.8 Å². The van der Waals surface area contributed by atoms with Crippen LogP contribution in [0.4, 0.5) is 5.69 Å². The molecular formula is C19H21N3O3S. The number of carbonyl (C=O) groups excluding carboxylic acids is 1. The normalized spacial score (nSPS) is 10.8. The third-order valence-electron chi connectivity index (χ3n) is 3.96. The van der Waals surface area contributed by atoms with Gasteiger partial charge in [0.1, 0.15) is 0 Å². The van der Waals surface area contributed by atoms with E-state index in [0.717, 1.165) is 5.56 Å². The summed E-state index contributed by atoms with van der Waals surface area (Å²) in [6.45, 7) is 3.95. The third kappa shape index (κ3) is 4.61. The van der Waals surface area contributed by atoms with Gasteiger partial charge in [-0.25, -0.2) is 8.42 Å². The molecule has 1 amide bonds. The van der Waals surface area contributed by atoms with E-state index < -0.39 is 10.0 Å². The molecule has 0 aliphatic carbocycles. The molecule has 2 aromatic carbocycles. The monoisotopic (exact) mass is 371 g/mol. The number of anilines is 1. The first kappa shape index (κ1) is 19.5. The average molecular weight is 371 g/mol. The third-order valence-corrected chi connectivity index (χ3v) is 5.34. The fraction of sp³-hybridized carbons (Fsp3) is 0.263. The Balaban J connectivity index is 2.31. The van der Waals surface area contributed by atoms with Crippen LogP contribution in [0.5, 0.6) is 0 Å². The Morgan fingerprint density at radius 2 is 1.81 bits per heavy atom. The lowest BCUT2D eigenvalue weighted by Crippen LogP contribution is -2.28. The van der Waals surface area contributed by atoms with Gasteiger partial charge in [0.25, 0.3) is 15.9 Å². The molecule has 1 N–H and O–H groups in total. The van der Waals surface area contributed by atoms with Crippen molar-refractivity contribution in [2.45, 2.75) is 25.2 Å². The summed E-state index contributed by atoms with van der Waals surface area (Å²) in [7, 11) is -2.23. The number of hydrogen-bond acceptors (Lipinski definition) is 4. The minimum absolute atomic E-state index is 0.0145. The lowest BCUT2D eigenvalue weighted by atomic mass is 10.1. The molecule has 0 radical (unpaired) electrons. The fourth-order valence-corrected chi connectivity index (χ4v) is 3.44. The maximum absolute atomic E-state index is 12.6. The molecule has 26 heavy (non-hydrogen) atoms. The van der Waals surface area contributed by atoms with E-state index >= 15 is 0 Å². The summed E-state index contributed by atoms with van der Waals surface area (Å²) >= 11 is 0. The predicted octanol–water partition coefficient (Wildman–Crippen LogP) is 3.09. The molecule has 0 bridgehead atoms. The Kier molecular flexibility index (Phi) is 6.01. The van der Waals surface area contributed by atoms with Gasteiger partial charge in [0.05, 0.1) is 17.4 Å². The van der Waals surface area contributed by atoms with Gasteiger partial charge < -0.3 is 4.90 Å². The van der Waals surface area contributed by atoms with E-state index in [2.05, 4.69) is 4.72 Å². The van der Waals surface area contributed by atoms with Crippen LogP contribution >= 0.6 is 0 Å². The molecule has 2 aromatic rings. The van der Waals surface area contributed by atoms with Crippen LogP contribution in [0.15, 0.2) is 47.4 Å². The minimum Gasteiger partial charge on any atom is -0.341 e. The Morgan fingerprint density at radius 3 is 2.42 bits per heavy atom. The average Bonchev–Trinajstić information content (AvgIpc) is 2.61. The van der Waals surface area contributed by atoms with E-state index in [9.17, 15) is 13.2 Å². The van der Waals surface area contributed by atoms with Crippen molar-refractivity contribution < 1.29 is 13.2 Å². The lowest BCUT2D eigenvalue weighted by molar-refractivity contribution is 0.0797. The Bertz CT molecular complexity index is 945. The number of aryl methyl sites for hydroxylation is 2. The quantitative estimate of drug-likeness (QED) is 0.845. The van der Waals surface area contributed by atoms with E-state index in [1.165, 1.54) is 17.0 Å². The van der Waals surface area contributed by atoms with Gasteiger partial charge in [-0.2, -0.15) is 5.26 Å². The van der Waals surface area contributed by atoms with E-state index in [4.69, 9.17) is 5.26 Å². The number of rotatable bonds is 6. The van der Waals surface area contributed by atoms with E-state index in [1.54, 1.807) is 32.2 Å². The molecule has 0 unspecified atom stereocenters. The van der Waals surface area contributed by atoms with E-state index in [1.807, 2.05) is 25.1 Å². The number of benzene rings is 2. The van der Waals surface area contributed by atoms with Gasteiger partial charge >= 0.3 is 0 Å². The molecule has 0 fully saturated rings. The highest BCUT2D eigenvalue weighted by atomic mass is 32.2. The summed E-state index contributed by atoms with van der Waals surface area (Å²) in [5, 5.41) is 8.65. The smallest absolute Gasteiger partial charge is 0.261 e. The Morgan fingerprint density at radius 1 is 1.15 bits per heavy atom. The SMILES string of the molecule is Cc1ccc(NS(=O)(=O)c2ccc(C)c(C(=O)N(C)CCC#N)c2)cc1. The van der Waals surface area contributed by atoms with E-state index in [0.29, 0.717) is 16.8 Å². The zero-order valence-corrected chi connectivity index (χ0v) is 15.8. The van der Waals surface area contributed by atoms with Gasteiger partial charge in [-0.3, -0.25) is 9.52 Å². The predicted molar refractivity (Wildman–Crippen MR) is 100 cm³/mol. The number of carbonyl (C=O) groups is 1. The maximum Gasteiger partial charge on any atom is 0.261 e.